The first kappa shape index (κ1) is 21.0. The average Bonchev–Trinajstić information content (AvgIpc) is 3.20. The van der Waals surface area contributed by atoms with E-state index in [2.05, 4.69) is 140 Å². The third-order valence-corrected chi connectivity index (χ3v) is 6.26. The van der Waals surface area contributed by atoms with E-state index in [0.29, 0.717) is 0 Å². The Labute approximate surface area is 196 Å². The smallest absolute Gasteiger partial charge is 0.194 e. The van der Waals surface area contributed by atoms with Crippen molar-refractivity contribution in [2.75, 3.05) is 0 Å². The summed E-state index contributed by atoms with van der Waals surface area (Å²) in [6, 6.07) is 34.8. The van der Waals surface area contributed by atoms with Crippen molar-refractivity contribution in [1.82, 2.24) is 4.57 Å². The lowest BCUT2D eigenvalue weighted by atomic mass is 10.0. The quantitative estimate of drug-likeness (QED) is 0.265. The molecule has 0 bridgehead atoms. The first-order valence-electron chi connectivity index (χ1n) is 11.5. The number of hydrogen-bond acceptors (Lipinski definition) is 0. The van der Waals surface area contributed by atoms with E-state index < -0.39 is 0 Å². The highest BCUT2D eigenvalue weighted by atomic mass is 15.2. The van der Waals surface area contributed by atoms with Gasteiger partial charge < -0.3 is 0 Å². The minimum atomic E-state index is 1.19. The molecule has 0 amide bonds. The summed E-state index contributed by atoms with van der Waals surface area (Å²) in [5.74, 6) is 0. The highest BCUT2D eigenvalue weighted by molar-refractivity contribution is 5.78. The van der Waals surface area contributed by atoms with Gasteiger partial charge in [0.05, 0.1) is 0 Å². The zero-order chi connectivity index (χ0) is 22.9. The van der Waals surface area contributed by atoms with E-state index in [1.54, 1.807) is 0 Å². The maximum absolute atomic E-state index is 2.35. The molecule has 0 aliphatic heterocycles. The van der Waals surface area contributed by atoms with E-state index in [9.17, 15) is 0 Å². The van der Waals surface area contributed by atoms with Crippen molar-refractivity contribution >= 4 is 0 Å². The molecule has 1 heterocycles. The summed E-state index contributed by atoms with van der Waals surface area (Å²) in [4.78, 5) is 0. The molecule has 0 saturated heterocycles. The molecule has 33 heavy (non-hydrogen) atoms. The van der Waals surface area contributed by atoms with Crippen LogP contribution in [0.15, 0.2) is 103 Å². The highest BCUT2D eigenvalue weighted by Gasteiger charge is 2.29. The Balaban J connectivity index is 1.92. The van der Waals surface area contributed by atoms with Crippen LogP contribution < -0.4 is 4.57 Å². The number of rotatable bonds is 4. The van der Waals surface area contributed by atoms with Crippen LogP contribution in [0.1, 0.15) is 22.3 Å². The highest BCUT2D eigenvalue weighted by Crippen LogP contribution is 2.34. The van der Waals surface area contributed by atoms with Crippen LogP contribution in [0.25, 0.3) is 33.9 Å². The molecule has 0 aliphatic carbocycles. The molecule has 0 atom stereocenters. The molecule has 162 valence electrons. The molecule has 2 heteroatoms. The predicted molar refractivity (Wildman–Crippen MR) is 137 cm³/mol. The Morgan fingerprint density at radius 1 is 0.576 bits per heavy atom. The van der Waals surface area contributed by atoms with Gasteiger partial charge in [0.1, 0.15) is 11.4 Å². The molecule has 0 spiro atoms. The molecule has 0 unspecified atom stereocenters. The van der Waals surface area contributed by atoms with Crippen molar-refractivity contribution in [2.45, 2.75) is 27.7 Å². The normalized spacial score (nSPS) is 11.0. The van der Waals surface area contributed by atoms with E-state index in [1.165, 1.54) is 56.1 Å². The summed E-state index contributed by atoms with van der Waals surface area (Å²) < 4.78 is 4.71. The summed E-state index contributed by atoms with van der Waals surface area (Å²) in [6.07, 6.45) is 2.25. The van der Waals surface area contributed by atoms with Gasteiger partial charge in [0, 0.05) is 11.1 Å². The van der Waals surface area contributed by atoms with Crippen LogP contribution in [0, 0.1) is 27.7 Å². The lowest BCUT2D eigenvalue weighted by Crippen LogP contribution is -2.32. The van der Waals surface area contributed by atoms with Gasteiger partial charge in [0.2, 0.25) is 0 Å². The number of hydrogen-bond donors (Lipinski definition) is 0. The Bertz CT molecular complexity index is 1320. The fraction of sp³-hybridized carbons (Fsp3) is 0.129. The number of nitrogens with zero attached hydrogens (tertiary/aromatic N) is 2. The minimum absolute atomic E-state index is 1.19. The molecule has 0 fully saturated rings. The van der Waals surface area contributed by atoms with Crippen LogP contribution in [0.2, 0.25) is 0 Å². The molecule has 0 N–H and O–H groups in total. The minimum Gasteiger partial charge on any atom is -0.194 e. The van der Waals surface area contributed by atoms with Crippen molar-refractivity contribution in [3.63, 3.8) is 0 Å². The Hall–Kier alpha value is -3.91. The van der Waals surface area contributed by atoms with Gasteiger partial charge in [-0.2, -0.15) is 9.13 Å². The van der Waals surface area contributed by atoms with Crippen LogP contribution >= 0.6 is 0 Å². The van der Waals surface area contributed by atoms with Crippen LogP contribution in [0.4, 0.5) is 0 Å². The number of aryl methyl sites for hydroxylation is 4. The van der Waals surface area contributed by atoms with Gasteiger partial charge in [0.25, 0.3) is 6.33 Å². The van der Waals surface area contributed by atoms with Gasteiger partial charge in [-0.15, -0.1) is 0 Å². The van der Waals surface area contributed by atoms with Gasteiger partial charge in [0.15, 0.2) is 11.4 Å². The van der Waals surface area contributed by atoms with E-state index in [1.807, 2.05) is 0 Å². The van der Waals surface area contributed by atoms with Crippen molar-refractivity contribution in [3.05, 3.63) is 126 Å². The topological polar surface area (TPSA) is 8.81 Å². The summed E-state index contributed by atoms with van der Waals surface area (Å²) in [6.45, 7) is 8.69. The summed E-state index contributed by atoms with van der Waals surface area (Å²) in [5.41, 5.74) is 12.2. The van der Waals surface area contributed by atoms with E-state index >= 15 is 0 Å². The van der Waals surface area contributed by atoms with Gasteiger partial charge in [-0.3, -0.25) is 0 Å². The second kappa shape index (κ2) is 8.55. The standard InChI is InChI=1S/C31H29N2/c1-22-15-17-28(24(3)19-22)32-21-33(29-18-16-23(2)20-25(29)4)31(27-13-9-6-10-14-27)30(32)26-11-7-5-8-12-26/h5-21H,1-4H3/q+1. The Morgan fingerprint density at radius 2 is 1.15 bits per heavy atom. The molecule has 1 aromatic heterocycles. The van der Waals surface area contributed by atoms with Gasteiger partial charge in [-0.05, 0) is 51.0 Å². The fourth-order valence-corrected chi connectivity index (χ4v) is 4.72. The zero-order valence-corrected chi connectivity index (χ0v) is 19.7. The summed E-state index contributed by atoms with van der Waals surface area (Å²) >= 11 is 0. The van der Waals surface area contributed by atoms with E-state index in [-0.39, 0.29) is 0 Å². The summed E-state index contributed by atoms with van der Waals surface area (Å²) in [5, 5.41) is 0. The average molecular weight is 430 g/mol. The monoisotopic (exact) mass is 429 g/mol. The lowest BCUT2D eigenvalue weighted by Gasteiger charge is -2.09. The molecule has 5 aromatic rings. The van der Waals surface area contributed by atoms with Crippen LogP contribution in [0.5, 0.6) is 0 Å². The number of imidazole rings is 1. The molecule has 5 rings (SSSR count). The molecule has 0 radical (unpaired) electrons. The van der Waals surface area contributed by atoms with Crippen LogP contribution in [0.3, 0.4) is 0 Å². The first-order valence-corrected chi connectivity index (χ1v) is 11.5. The largest absolute Gasteiger partial charge is 0.255 e. The van der Waals surface area contributed by atoms with Crippen LogP contribution in [-0.2, 0) is 0 Å². The molecule has 4 aromatic carbocycles. The Kier molecular flexibility index (Phi) is 5.43. The third-order valence-electron chi connectivity index (χ3n) is 6.26. The molecule has 0 saturated carbocycles. The molecule has 0 aliphatic rings. The van der Waals surface area contributed by atoms with Gasteiger partial charge in [-0.1, -0.05) is 96.1 Å². The van der Waals surface area contributed by atoms with Gasteiger partial charge in [-0.25, -0.2) is 0 Å². The fourth-order valence-electron chi connectivity index (χ4n) is 4.72. The number of aromatic nitrogens is 2. The second-order valence-corrected chi connectivity index (χ2v) is 8.86. The number of benzene rings is 4. The van der Waals surface area contributed by atoms with E-state index in [0.717, 1.165) is 0 Å². The first-order chi connectivity index (χ1) is 16.0. The van der Waals surface area contributed by atoms with Crippen molar-refractivity contribution < 1.29 is 4.57 Å². The molecular formula is C31H29N2+. The SMILES string of the molecule is Cc1ccc(-n2c[n+](-c3ccc(C)cc3C)c(-c3ccccc3)c2-c2ccccc2)c(C)c1. The molecular weight excluding hydrogens is 400 g/mol. The van der Waals surface area contributed by atoms with E-state index in [4.69, 9.17) is 0 Å². The second-order valence-electron chi connectivity index (χ2n) is 8.86. The lowest BCUT2D eigenvalue weighted by molar-refractivity contribution is -0.583. The maximum Gasteiger partial charge on any atom is 0.255 e. The predicted octanol–water partition coefficient (Wildman–Crippen LogP) is 7.32. The van der Waals surface area contributed by atoms with Crippen LogP contribution in [-0.4, -0.2) is 4.57 Å². The zero-order valence-electron chi connectivity index (χ0n) is 19.7. The van der Waals surface area contributed by atoms with Crippen molar-refractivity contribution in [1.29, 1.82) is 0 Å². The molecule has 2 nitrogen and oxygen atoms in total. The van der Waals surface area contributed by atoms with Crippen molar-refractivity contribution in [2.24, 2.45) is 0 Å². The van der Waals surface area contributed by atoms with Gasteiger partial charge >= 0.3 is 0 Å². The third kappa shape index (κ3) is 3.89. The Morgan fingerprint density at radius 3 is 1.76 bits per heavy atom. The summed E-state index contributed by atoms with van der Waals surface area (Å²) in [7, 11) is 0. The maximum atomic E-state index is 2.35. The van der Waals surface area contributed by atoms with Crippen molar-refractivity contribution in [3.8, 4) is 33.9 Å².